The zero-order chi connectivity index (χ0) is 21.2. The maximum absolute atomic E-state index is 12.8. The van der Waals surface area contributed by atoms with Crippen molar-refractivity contribution in [2.75, 3.05) is 5.32 Å². The Labute approximate surface area is 163 Å². The number of rotatable bonds is 5. The van der Waals surface area contributed by atoms with Crippen LogP contribution in [0.5, 0.6) is 5.75 Å². The molecule has 1 amide bonds. The molecule has 0 saturated carbocycles. The summed E-state index contributed by atoms with van der Waals surface area (Å²) in [6.45, 7) is 3.49. The number of aromatic nitrogens is 3. The number of ether oxygens (including phenoxy) is 1. The lowest BCUT2D eigenvalue weighted by Crippen LogP contribution is -2.38. The van der Waals surface area contributed by atoms with E-state index in [1.807, 2.05) is 0 Å². The van der Waals surface area contributed by atoms with Gasteiger partial charge in [-0.15, -0.1) is 18.3 Å². The number of alkyl halides is 3. The first-order chi connectivity index (χ1) is 13.7. The maximum Gasteiger partial charge on any atom is 0.573 e. The highest BCUT2D eigenvalue weighted by Crippen LogP contribution is 2.25. The van der Waals surface area contributed by atoms with Crippen molar-refractivity contribution >= 4 is 22.5 Å². The van der Waals surface area contributed by atoms with Crippen LogP contribution in [0, 0.1) is 5.92 Å². The van der Waals surface area contributed by atoms with E-state index in [1.165, 1.54) is 12.1 Å². The van der Waals surface area contributed by atoms with Gasteiger partial charge in [0.05, 0.1) is 5.39 Å². The summed E-state index contributed by atoms with van der Waals surface area (Å²) in [5.74, 6) is -1.26. The van der Waals surface area contributed by atoms with Crippen LogP contribution in [0.1, 0.15) is 19.9 Å². The summed E-state index contributed by atoms with van der Waals surface area (Å²) in [4.78, 5) is 25.6. The van der Waals surface area contributed by atoms with Gasteiger partial charge in [-0.3, -0.25) is 9.59 Å². The third kappa shape index (κ3) is 4.71. The highest BCUT2D eigenvalue weighted by atomic mass is 19.4. The predicted molar refractivity (Wildman–Crippen MR) is 99.4 cm³/mol. The third-order valence-electron chi connectivity index (χ3n) is 4.11. The molecule has 0 aliphatic heterocycles. The molecule has 1 heterocycles. The number of hydrogen-bond acceptors (Lipinski definition) is 5. The van der Waals surface area contributed by atoms with Gasteiger partial charge in [0, 0.05) is 5.69 Å². The first-order valence-corrected chi connectivity index (χ1v) is 8.66. The summed E-state index contributed by atoms with van der Waals surface area (Å²) in [5, 5.41) is 10.8. The van der Waals surface area contributed by atoms with Gasteiger partial charge in [0.1, 0.15) is 17.3 Å². The van der Waals surface area contributed by atoms with Crippen LogP contribution in [-0.4, -0.2) is 27.3 Å². The maximum atomic E-state index is 12.8. The summed E-state index contributed by atoms with van der Waals surface area (Å²) in [6.07, 6.45) is -4.80. The normalized spacial score (nSPS) is 12.8. The molecule has 3 rings (SSSR count). The molecule has 1 aromatic heterocycles. The van der Waals surface area contributed by atoms with Crippen molar-refractivity contribution in [1.29, 1.82) is 0 Å². The van der Waals surface area contributed by atoms with Gasteiger partial charge in [-0.25, -0.2) is 0 Å². The van der Waals surface area contributed by atoms with Crippen molar-refractivity contribution in [2.45, 2.75) is 26.3 Å². The summed E-state index contributed by atoms with van der Waals surface area (Å²) >= 11 is 0. The van der Waals surface area contributed by atoms with Gasteiger partial charge >= 0.3 is 6.36 Å². The number of halogens is 3. The molecule has 0 spiro atoms. The van der Waals surface area contributed by atoms with Crippen molar-refractivity contribution in [1.82, 2.24) is 15.0 Å². The molecule has 3 aromatic rings. The van der Waals surface area contributed by atoms with Crippen LogP contribution < -0.4 is 15.6 Å². The lowest BCUT2D eigenvalue weighted by molar-refractivity contribution is -0.274. The quantitative estimate of drug-likeness (QED) is 0.701. The molecule has 0 radical (unpaired) electrons. The minimum absolute atomic E-state index is 0.247. The molecule has 152 valence electrons. The fourth-order valence-corrected chi connectivity index (χ4v) is 2.84. The molecule has 0 saturated heterocycles. The van der Waals surface area contributed by atoms with E-state index in [0.29, 0.717) is 10.9 Å². The van der Waals surface area contributed by atoms with Gasteiger partial charge in [0.2, 0.25) is 5.91 Å². The number of hydrogen-bond donors (Lipinski definition) is 1. The number of nitrogens with one attached hydrogen (secondary N) is 1. The van der Waals surface area contributed by atoms with Crippen LogP contribution >= 0.6 is 0 Å². The van der Waals surface area contributed by atoms with Gasteiger partial charge < -0.3 is 10.1 Å². The van der Waals surface area contributed by atoms with Crippen LogP contribution in [0.15, 0.2) is 53.3 Å². The Bertz CT molecular complexity index is 1080. The number of anilines is 1. The van der Waals surface area contributed by atoms with E-state index < -0.39 is 29.6 Å². The minimum Gasteiger partial charge on any atom is -0.406 e. The molecule has 10 heteroatoms. The first-order valence-electron chi connectivity index (χ1n) is 8.66. The van der Waals surface area contributed by atoms with Gasteiger partial charge in [0.15, 0.2) is 0 Å². The standard InChI is InChI=1S/C19H17F3N4O3/c1-11(2)16(26-18(28)14-5-3-4-6-15(14)24-25-26)17(27)23-12-7-9-13(10-8-12)29-19(20,21)22/h3-11,16H,1-2H3,(H,23,27)/t16-/m0/s1. The highest BCUT2D eigenvalue weighted by molar-refractivity contribution is 5.94. The van der Waals surface area contributed by atoms with Crippen LogP contribution in [0.4, 0.5) is 18.9 Å². The number of nitrogens with zero attached hydrogens (tertiary/aromatic N) is 3. The molecule has 1 N–H and O–H groups in total. The first kappa shape index (κ1) is 20.3. The Morgan fingerprint density at radius 2 is 1.76 bits per heavy atom. The van der Waals surface area contributed by atoms with E-state index in [0.717, 1.165) is 16.8 Å². The van der Waals surface area contributed by atoms with Gasteiger partial charge in [-0.1, -0.05) is 31.2 Å². The van der Waals surface area contributed by atoms with Gasteiger partial charge in [-0.2, -0.15) is 4.68 Å². The second-order valence-electron chi connectivity index (χ2n) is 6.61. The zero-order valence-electron chi connectivity index (χ0n) is 15.5. The summed E-state index contributed by atoms with van der Waals surface area (Å²) < 4.78 is 41.6. The molecule has 0 fully saturated rings. The van der Waals surface area contributed by atoms with Gasteiger partial charge in [-0.05, 0) is 42.3 Å². The Balaban J connectivity index is 1.86. The molecule has 0 unspecified atom stereocenters. The molecule has 0 bridgehead atoms. The number of carbonyl (C=O) groups excluding carboxylic acids is 1. The van der Waals surface area contributed by atoms with E-state index >= 15 is 0 Å². The monoisotopic (exact) mass is 406 g/mol. The molecular weight excluding hydrogens is 389 g/mol. The van der Waals surface area contributed by atoms with Crippen LogP contribution in [0.2, 0.25) is 0 Å². The molecule has 0 aliphatic carbocycles. The number of amides is 1. The molecule has 2 aromatic carbocycles. The van der Waals surface area contributed by atoms with Crippen molar-refractivity contribution in [2.24, 2.45) is 5.92 Å². The Hall–Kier alpha value is -3.43. The highest BCUT2D eigenvalue weighted by Gasteiger charge is 2.31. The molecular formula is C19H17F3N4O3. The Kier molecular flexibility index (Phi) is 5.53. The van der Waals surface area contributed by atoms with E-state index in [1.54, 1.807) is 38.1 Å². The van der Waals surface area contributed by atoms with Crippen molar-refractivity contribution in [3.63, 3.8) is 0 Å². The average Bonchev–Trinajstić information content (AvgIpc) is 2.64. The second-order valence-corrected chi connectivity index (χ2v) is 6.61. The second kappa shape index (κ2) is 7.90. The Morgan fingerprint density at radius 3 is 2.38 bits per heavy atom. The van der Waals surface area contributed by atoms with Crippen LogP contribution in [0.3, 0.4) is 0 Å². The third-order valence-corrected chi connectivity index (χ3v) is 4.11. The Morgan fingerprint density at radius 1 is 1.10 bits per heavy atom. The van der Waals surface area contributed by atoms with Crippen molar-refractivity contribution in [3.8, 4) is 5.75 Å². The van der Waals surface area contributed by atoms with E-state index in [-0.39, 0.29) is 11.6 Å². The largest absolute Gasteiger partial charge is 0.573 e. The van der Waals surface area contributed by atoms with E-state index in [9.17, 15) is 22.8 Å². The fourth-order valence-electron chi connectivity index (χ4n) is 2.84. The SMILES string of the molecule is CC(C)[C@@H](C(=O)Nc1ccc(OC(F)(F)F)cc1)n1nnc2ccccc2c1=O. The lowest BCUT2D eigenvalue weighted by atomic mass is 10.0. The zero-order valence-corrected chi connectivity index (χ0v) is 15.5. The number of carbonyl (C=O) groups is 1. The number of fused-ring (bicyclic) bond motifs is 1. The predicted octanol–water partition coefficient (Wildman–Crippen LogP) is 3.53. The van der Waals surface area contributed by atoms with Crippen LogP contribution in [0.25, 0.3) is 10.9 Å². The van der Waals surface area contributed by atoms with Gasteiger partial charge in [0.25, 0.3) is 5.56 Å². The molecule has 7 nitrogen and oxygen atoms in total. The van der Waals surface area contributed by atoms with E-state index in [2.05, 4.69) is 20.4 Å². The smallest absolute Gasteiger partial charge is 0.406 e. The summed E-state index contributed by atoms with van der Waals surface area (Å²) in [5.41, 5.74) is 0.201. The molecule has 29 heavy (non-hydrogen) atoms. The average molecular weight is 406 g/mol. The van der Waals surface area contributed by atoms with Crippen LogP contribution in [-0.2, 0) is 4.79 Å². The topological polar surface area (TPSA) is 86.1 Å². The summed E-state index contributed by atoms with van der Waals surface area (Å²) in [7, 11) is 0. The van der Waals surface area contributed by atoms with E-state index in [4.69, 9.17) is 0 Å². The molecule has 0 aliphatic rings. The number of benzene rings is 2. The van der Waals surface area contributed by atoms with Crippen molar-refractivity contribution < 1.29 is 22.7 Å². The molecule has 1 atom stereocenters. The summed E-state index contributed by atoms with van der Waals surface area (Å²) in [6, 6.07) is 10.4. The van der Waals surface area contributed by atoms with Crippen molar-refractivity contribution in [3.05, 3.63) is 58.9 Å². The minimum atomic E-state index is -4.80. The lowest BCUT2D eigenvalue weighted by Gasteiger charge is -2.21. The fraction of sp³-hybridized carbons (Fsp3) is 0.263.